The number of aliphatic hydroxyl groups is 1. The van der Waals surface area contributed by atoms with Gasteiger partial charge in [0.1, 0.15) is 0 Å². The molecule has 0 bridgehead atoms. The molecule has 26 valence electrons. The van der Waals surface area contributed by atoms with Crippen LogP contribution in [0.15, 0.2) is 0 Å². The Hall–Kier alpha value is 1.74. The normalized spacial score (nSPS) is 3.25. The molecule has 0 aromatic rings. The van der Waals surface area contributed by atoms with Crippen LogP contribution in [0.5, 0.6) is 0 Å². The summed E-state index contributed by atoms with van der Waals surface area (Å²) in [5.74, 6) is 0. The van der Waals surface area contributed by atoms with E-state index in [1.165, 1.54) is 0 Å². The third-order valence-corrected chi connectivity index (χ3v) is 0. The smallest absolute Gasteiger partial charge is 0.0511 e. The van der Waals surface area contributed by atoms with Crippen molar-refractivity contribution in [2.75, 3.05) is 0 Å². The van der Waals surface area contributed by atoms with Gasteiger partial charge in [0.05, 0.1) is 1.28 Å². The van der Waals surface area contributed by atoms with Gasteiger partial charge in [0.15, 0.2) is 0 Å². The first kappa shape index (κ1) is 9.22. The van der Waals surface area contributed by atoms with Crippen molar-refractivity contribution in [1.82, 2.24) is 0 Å². The zero-order valence-electron chi connectivity index (χ0n) is 3.23. The van der Waals surface area contributed by atoms with Crippen molar-refractivity contribution in [2.45, 2.75) is 0 Å². The van der Waals surface area contributed by atoms with E-state index in [9.17, 15) is 0 Å². The van der Waals surface area contributed by atoms with Gasteiger partial charge in [-0.2, -0.15) is 9.84 Å². The van der Waals surface area contributed by atoms with E-state index < -0.39 is 0 Å². The zero-order valence-corrected chi connectivity index (χ0v) is 6.59. The molecular formula is CH6NdOP-. The minimum atomic E-state index is 0. The van der Waals surface area contributed by atoms with Crippen molar-refractivity contribution in [2.24, 2.45) is 0 Å². The Balaban J connectivity index is -0.0000000133. The van der Waals surface area contributed by atoms with Crippen LogP contribution in [0.3, 0.4) is 0 Å². The van der Waals surface area contributed by atoms with E-state index >= 15 is 0 Å². The van der Waals surface area contributed by atoms with Crippen LogP contribution >= 0.6 is 9.84 Å². The topological polar surface area (TPSA) is 20.2 Å². The summed E-state index contributed by atoms with van der Waals surface area (Å²) in [5.41, 5.74) is 0. The molecular weight excluding hydrogens is 203 g/mol. The molecule has 0 rings (SSSR count). The maximum atomic E-state index is 6.75. The Morgan fingerprint density at radius 3 is 1.75 bits per heavy atom. The van der Waals surface area contributed by atoms with Crippen molar-refractivity contribution < 1.29 is 45.9 Å². The average Bonchev–Trinajstić information content (AvgIpc) is 1.50. The first-order valence-electron chi connectivity index (χ1n) is 0.894. The van der Waals surface area contributed by atoms with Crippen LogP contribution in [-0.2, 0) is 0 Å². The minimum absolute atomic E-state index is 0. The Kier molecular flexibility index (Phi) is 50.5. The molecule has 0 aromatic heterocycles. The van der Waals surface area contributed by atoms with E-state index in [0.29, 0.717) is 0 Å². The fourth-order valence-electron chi connectivity index (χ4n) is 0. The molecule has 3 heteroatoms. The van der Waals surface area contributed by atoms with Crippen LogP contribution < -0.4 is 0 Å². The third-order valence-electron chi connectivity index (χ3n) is 0. The zero-order chi connectivity index (χ0) is 4.00. The van der Waals surface area contributed by atoms with E-state index in [2.05, 4.69) is 7.11 Å². The molecule has 1 nitrogen and oxygen atoms in total. The van der Waals surface area contributed by atoms with Crippen molar-refractivity contribution in [3.63, 3.8) is 0 Å². The van der Waals surface area contributed by atoms with Gasteiger partial charge < -0.3 is 5.11 Å². The van der Waals surface area contributed by atoms with E-state index in [0.717, 1.165) is 0 Å². The van der Waals surface area contributed by atoms with Crippen LogP contribution in [0.2, 0.25) is 0 Å². The summed E-state index contributed by atoms with van der Waals surface area (Å²) in [6, 6.07) is 0. The fraction of sp³-hybridized carbons (Fsp3) is 0. The maximum absolute atomic E-state index is 6.75. The largest absolute Gasteiger partial charge is 0.569 e. The molecule has 0 saturated heterocycles. The van der Waals surface area contributed by atoms with Gasteiger partial charge in [-0.1, -0.05) is 0 Å². The molecule has 0 aromatic carbocycles. The molecule has 0 saturated carbocycles. The van der Waals surface area contributed by atoms with E-state index in [1.807, 2.05) is 0 Å². The average molecular weight is 211 g/mol. The molecule has 1 N–H and O–H groups in total. The molecule has 1 atom stereocenters. The maximum Gasteiger partial charge on any atom is 0.0511 e. The SMILES string of the molecule is [3H]P.[CH2-]O.[Nd]. The Morgan fingerprint density at radius 2 is 1.75 bits per heavy atom. The van der Waals surface area contributed by atoms with Gasteiger partial charge in [-0.3, -0.25) is 0 Å². The number of rotatable bonds is 0. The van der Waals surface area contributed by atoms with Crippen LogP contribution in [0, 0.1) is 47.9 Å². The van der Waals surface area contributed by atoms with Crippen LogP contribution in [0.4, 0.5) is 0 Å². The summed E-state index contributed by atoms with van der Waals surface area (Å²) in [6.07, 6.45) is 0. The van der Waals surface area contributed by atoms with E-state index in [4.69, 9.17) is 6.39 Å². The second-order valence-corrected chi connectivity index (χ2v) is 0. The van der Waals surface area contributed by atoms with Gasteiger partial charge in [-0.05, 0) is 0 Å². The first-order valence-corrected chi connectivity index (χ1v) is 0.316. The predicted molar refractivity (Wildman–Crippen MR) is 18.4 cm³/mol. The summed E-state index contributed by atoms with van der Waals surface area (Å²) in [6.45, 7) is 0. The quantitative estimate of drug-likeness (QED) is 0.448. The van der Waals surface area contributed by atoms with Gasteiger partial charge >= 0.3 is 0 Å². The van der Waals surface area contributed by atoms with Gasteiger partial charge in [-0.25, -0.2) is 7.11 Å². The standard InChI is InChI=1S/CH3O.Nd.H3P/c1-2;;/h2H,1H2;;1H3/q-1;;/i;;1T. The summed E-state index contributed by atoms with van der Waals surface area (Å²) in [4.78, 5) is 0. The fourth-order valence-corrected chi connectivity index (χ4v) is 0. The molecule has 1 unspecified atom stereocenters. The third kappa shape index (κ3) is 9.27. The molecule has 4 heavy (non-hydrogen) atoms. The van der Waals surface area contributed by atoms with Crippen molar-refractivity contribution in [1.29, 1.82) is 1.28 Å². The number of aliphatic hydroxyl groups excluding tert-OH is 1. The molecule has 0 fully saturated rings. The van der Waals surface area contributed by atoms with Crippen molar-refractivity contribution in [3.05, 3.63) is 7.11 Å². The summed E-state index contributed by atoms with van der Waals surface area (Å²) in [7, 11) is 3.92. The Bertz CT molecular complexity index is 11.6. The Labute approximate surface area is 63.6 Å². The van der Waals surface area contributed by atoms with Crippen molar-refractivity contribution in [3.8, 4) is 0 Å². The first-order chi connectivity index (χ1) is 2.00. The second kappa shape index (κ2) is 21.9. The molecule has 0 aliphatic heterocycles. The van der Waals surface area contributed by atoms with Gasteiger partial charge in [-0.15, -0.1) is 0 Å². The minimum Gasteiger partial charge on any atom is -0.569 e. The monoisotopic (exact) mass is 209 g/mol. The second-order valence-electron chi connectivity index (χ2n) is 0. The van der Waals surface area contributed by atoms with Gasteiger partial charge in [0.25, 0.3) is 0 Å². The van der Waals surface area contributed by atoms with E-state index in [-0.39, 0.29) is 40.8 Å². The molecule has 0 aliphatic carbocycles. The number of hydrogen-bond acceptors (Lipinski definition) is 1. The van der Waals surface area contributed by atoms with Crippen LogP contribution in [0.25, 0.3) is 0 Å². The van der Waals surface area contributed by atoms with Gasteiger partial charge in [0.2, 0.25) is 0 Å². The predicted octanol–water partition coefficient (Wildman–Crippen LogP) is 0.209. The molecule has 0 heterocycles. The van der Waals surface area contributed by atoms with Crippen molar-refractivity contribution >= 4 is 9.84 Å². The van der Waals surface area contributed by atoms with E-state index in [1.54, 1.807) is 9.84 Å². The number of hydrogen-bond donors (Lipinski definition) is 1. The molecule has 0 amide bonds. The van der Waals surface area contributed by atoms with Crippen LogP contribution in [-0.4, -0.2) is 6.39 Å². The summed E-state index contributed by atoms with van der Waals surface area (Å²) in [5, 5.41) is 6.75. The summed E-state index contributed by atoms with van der Waals surface area (Å²) >= 11 is 0. The summed E-state index contributed by atoms with van der Waals surface area (Å²) < 4.78 is 5.67. The molecule has 0 aliphatic rings. The van der Waals surface area contributed by atoms with Crippen LogP contribution in [0.1, 0.15) is 0 Å². The Morgan fingerprint density at radius 1 is 1.75 bits per heavy atom. The van der Waals surface area contributed by atoms with Gasteiger partial charge in [0, 0.05) is 40.8 Å². The molecule has 0 radical (unpaired) electrons. The molecule has 0 spiro atoms.